The molecule has 0 unspecified atom stereocenters. The Hall–Kier alpha value is -2.74. The van der Waals surface area contributed by atoms with E-state index in [0.29, 0.717) is 17.4 Å². The zero-order chi connectivity index (χ0) is 17.8. The molecule has 0 fully saturated rings. The van der Waals surface area contributed by atoms with Gasteiger partial charge in [0.05, 0.1) is 11.4 Å². The minimum absolute atomic E-state index is 0.112. The smallest absolute Gasteiger partial charge is 0.288 e. The average Bonchev–Trinajstić information content (AvgIpc) is 3.07. The third-order valence-electron chi connectivity index (χ3n) is 3.26. The third-order valence-corrected chi connectivity index (χ3v) is 4.05. The van der Waals surface area contributed by atoms with Gasteiger partial charge in [-0.1, -0.05) is 23.9 Å². The lowest BCUT2D eigenvalue weighted by atomic mass is 10.3. The van der Waals surface area contributed by atoms with Gasteiger partial charge in [0.25, 0.3) is 11.7 Å². The standard InChI is InChI=1S/C17H12F3N3OS/c18-11-5-7-12(8-6-11)23-10-9-14(22-23)16(24)21-13-3-1-2-4-15(13)25-17(19)20/h1-10,17H,(H,21,24). The van der Waals surface area contributed by atoms with Gasteiger partial charge in [0.15, 0.2) is 5.69 Å². The molecule has 0 aliphatic carbocycles. The number of carbonyl (C=O) groups excluding carboxylic acids is 1. The summed E-state index contributed by atoms with van der Waals surface area (Å²) in [6.45, 7) is 0. The Kier molecular flexibility index (Phi) is 5.08. The van der Waals surface area contributed by atoms with Crippen molar-refractivity contribution in [2.75, 3.05) is 5.32 Å². The molecule has 0 radical (unpaired) electrons. The molecule has 0 spiro atoms. The van der Waals surface area contributed by atoms with Gasteiger partial charge in [-0.2, -0.15) is 13.9 Å². The van der Waals surface area contributed by atoms with E-state index in [1.54, 1.807) is 24.4 Å². The van der Waals surface area contributed by atoms with E-state index in [4.69, 9.17) is 0 Å². The maximum atomic E-state index is 13.0. The number of alkyl halides is 2. The first-order chi connectivity index (χ1) is 12.0. The summed E-state index contributed by atoms with van der Waals surface area (Å²) in [5, 5.41) is 6.70. The van der Waals surface area contributed by atoms with Gasteiger partial charge in [0, 0.05) is 11.1 Å². The van der Waals surface area contributed by atoms with Gasteiger partial charge in [0.1, 0.15) is 5.82 Å². The molecule has 4 nitrogen and oxygen atoms in total. The number of rotatable bonds is 5. The predicted octanol–water partition coefficient (Wildman–Crippen LogP) is 4.58. The second kappa shape index (κ2) is 7.43. The number of anilines is 1. The molecule has 3 rings (SSSR count). The van der Waals surface area contributed by atoms with Gasteiger partial charge in [-0.05, 0) is 42.5 Å². The Morgan fingerprint density at radius 2 is 1.80 bits per heavy atom. The summed E-state index contributed by atoms with van der Waals surface area (Å²) in [7, 11) is 0. The molecule has 0 saturated heterocycles. The van der Waals surface area contributed by atoms with Crippen LogP contribution in [0.15, 0.2) is 65.7 Å². The summed E-state index contributed by atoms with van der Waals surface area (Å²) in [4.78, 5) is 12.6. The van der Waals surface area contributed by atoms with Crippen LogP contribution in [0.4, 0.5) is 18.9 Å². The lowest BCUT2D eigenvalue weighted by molar-refractivity contribution is 0.102. The number of thioether (sulfide) groups is 1. The van der Waals surface area contributed by atoms with Crippen molar-refractivity contribution in [2.45, 2.75) is 10.7 Å². The molecule has 0 atom stereocenters. The van der Waals surface area contributed by atoms with Crippen molar-refractivity contribution in [3.63, 3.8) is 0 Å². The van der Waals surface area contributed by atoms with Crippen molar-refractivity contribution in [2.24, 2.45) is 0 Å². The van der Waals surface area contributed by atoms with E-state index in [9.17, 15) is 18.0 Å². The fourth-order valence-electron chi connectivity index (χ4n) is 2.14. The van der Waals surface area contributed by atoms with Gasteiger partial charge in [0.2, 0.25) is 0 Å². The Bertz CT molecular complexity index is 881. The van der Waals surface area contributed by atoms with Crippen LogP contribution in [0.3, 0.4) is 0 Å². The van der Waals surface area contributed by atoms with E-state index in [0.717, 1.165) is 0 Å². The van der Waals surface area contributed by atoms with Crippen molar-refractivity contribution in [1.82, 2.24) is 9.78 Å². The molecule has 1 N–H and O–H groups in total. The molecule has 0 aliphatic heterocycles. The average molecular weight is 363 g/mol. The highest BCUT2D eigenvalue weighted by Gasteiger charge is 2.15. The first-order valence-electron chi connectivity index (χ1n) is 7.20. The topological polar surface area (TPSA) is 46.9 Å². The first kappa shape index (κ1) is 17.1. The fourth-order valence-corrected chi connectivity index (χ4v) is 2.73. The summed E-state index contributed by atoms with van der Waals surface area (Å²) in [5.41, 5.74) is 0.990. The number of aromatic nitrogens is 2. The minimum atomic E-state index is -2.59. The molecule has 1 heterocycles. The van der Waals surface area contributed by atoms with Crippen molar-refractivity contribution in [3.8, 4) is 5.69 Å². The Balaban J connectivity index is 1.78. The van der Waals surface area contributed by atoms with Crippen molar-refractivity contribution >= 4 is 23.4 Å². The molecule has 2 aromatic carbocycles. The van der Waals surface area contributed by atoms with Gasteiger partial charge in [-0.3, -0.25) is 4.79 Å². The van der Waals surface area contributed by atoms with E-state index in [-0.39, 0.29) is 22.1 Å². The van der Waals surface area contributed by atoms with Crippen LogP contribution in [0, 0.1) is 5.82 Å². The van der Waals surface area contributed by atoms with Crippen molar-refractivity contribution in [1.29, 1.82) is 0 Å². The summed E-state index contributed by atoms with van der Waals surface area (Å²) >= 11 is 0.356. The van der Waals surface area contributed by atoms with E-state index in [2.05, 4.69) is 10.4 Å². The monoisotopic (exact) mass is 363 g/mol. The van der Waals surface area contributed by atoms with Crippen LogP contribution in [-0.4, -0.2) is 21.4 Å². The second-order valence-electron chi connectivity index (χ2n) is 4.95. The normalized spacial score (nSPS) is 10.9. The molecule has 128 valence electrons. The number of nitrogens with one attached hydrogen (secondary N) is 1. The zero-order valence-electron chi connectivity index (χ0n) is 12.7. The van der Waals surface area contributed by atoms with Crippen LogP contribution in [0.25, 0.3) is 5.69 Å². The largest absolute Gasteiger partial charge is 0.320 e. The van der Waals surface area contributed by atoms with Crippen LogP contribution in [-0.2, 0) is 0 Å². The zero-order valence-corrected chi connectivity index (χ0v) is 13.5. The quantitative estimate of drug-likeness (QED) is 0.675. The van der Waals surface area contributed by atoms with Gasteiger partial charge in [-0.15, -0.1) is 0 Å². The molecule has 1 amide bonds. The van der Waals surface area contributed by atoms with E-state index < -0.39 is 11.7 Å². The molecule has 0 aliphatic rings. The maximum absolute atomic E-state index is 13.0. The Labute approximate surface area is 145 Å². The maximum Gasteiger partial charge on any atom is 0.288 e. The highest BCUT2D eigenvalue weighted by Crippen LogP contribution is 2.31. The summed E-state index contributed by atoms with van der Waals surface area (Å²) in [6, 6.07) is 13.4. The van der Waals surface area contributed by atoms with Gasteiger partial charge in [-0.25, -0.2) is 9.07 Å². The molecular weight excluding hydrogens is 351 g/mol. The van der Waals surface area contributed by atoms with Crippen LogP contribution < -0.4 is 5.32 Å². The number of hydrogen-bond donors (Lipinski definition) is 1. The lowest BCUT2D eigenvalue weighted by Crippen LogP contribution is -2.14. The number of amides is 1. The van der Waals surface area contributed by atoms with Crippen LogP contribution in [0.1, 0.15) is 10.5 Å². The van der Waals surface area contributed by atoms with Crippen molar-refractivity contribution in [3.05, 3.63) is 72.3 Å². The molecule has 1 aromatic heterocycles. The Morgan fingerprint density at radius 1 is 1.08 bits per heavy atom. The number of benzene rings is 2. The predicted molar refractivity (Wildman–Crippen MR) is 89.8 cm³/mol. The number of hydrogen-bond acceptors (Lipinski definition) is 3. The summed E-state index contributed by atoms with van der Waals surface area (Å²) < 4.78 is 39.6. The number of halogens is 3. The molecule has 8 heteroatoms. The van der Waals surface area contributed by atoms with E-state index >= 15 is 0 Å². The molecule has 0 bridgehead atoms. The summed E-state index contributed by atoms with van der Waals surface area (Å²) in [6.07, 6.45) is 1.56. The van der Waals surface area contributed by atoms with E-state index in [1.165, 1.54) is 41.1 Å². The highest BCUT2D eigenvalue weighted by molar-refractivity contribution is 7.99. The molecular formula is C17H12F3N3OS. The van der Waals surface area contributed by atoms with Crippen LogP contribution >= 0.6 is 11.8 Å². The SMILES string of the molecule is O=C(Nc1ccccc1SC(F)F)c1ccn(-c2ccc(F)cc2)n1. The van der Waals surface area contributed by atoms with Crippen LogP contribution in [0.2, 0.25) is 0 Å². The molecule has 3 aromatic rings. The Morgan fingerprint density at radius 3 is 2.52 bits per heavy atom. The van der Waals surface area contributed by atoms with E-state index in [1.807, 2.05) is 0 Å². The number of para-hydroxylation sites is 1. The fraction of sp³-hybridized carbons (Fsp3) is 0.0588. The molecule has 25 heavy (non-hydrogen) atoms. The number of carbonyl (C=O) groups is 1. The first-order valence-corrected chi connectivity index (χ1v) is 8.08. The van der Waals surface area contributed by atoms with Gasteiger partial charge >= 0.3 is 0 Å². The summed E-state index contributed by atoms with van der Waals surface area (Å²) in [5.74, 6) is -3.49. The van der Waals surface area contributed by atoms with Crippen LogP contribution in [0.5, 0.6) is 0 Å². The van der Waals surface area contributed by atoms with Crippen molar-refractivity contribution < 1.29 is 18.0 Å². The number of nitrogens with zero attached hydrogens (tertiary/aromatic N) is 2. The van der Waals surface area contributed by atoms with Gasteiger partial charge < -0.3 is 5.32 Å². The third kappa shape index (κ3) is 4.21. The highest BCUT2D eigenvalue weighted by atomic mass is 32.2. The molecule has 0 saturated carbocycles. The minimum Gasteiger partial charge on any atom is -0.320 e. The second-order valence-corrected chi connectivity index (χ2v) is 5.98. The lowest BCUT2D eigenvalue weighted by Gasteiger charge is -2.09.